The number of nitrogens with one attached hydrogen (secondary N) is 3. The summed E-state index contributed by atoms with van der Waals surface area (Å²) < 4.78 is 5.15. The van der Waals surface area contributed by atoms with E-state index in [9.17, 15) is 14.4 Å². The van der Waals surface area contributed by atoms with Crippen LogP contribution in [0.5, 0.6) is 0 Å². The summed E-state index contributed by atoms with van der Waals surface area (Å²) in [5.74, 6) is -0.899. The molecule has 25 heavy (non-hydrogen) atoms. The third-order valence-corrected chi connectivity index (χ3v) is 3.15. The number of hydrogen-bond acceptors (Lipinski definition) is 4. The van der Waals surface area contributed by atoms with Gasteiger partial charge in [0.15, 0.2) is 6.10 Å². The van der Waals surface area contributed by atoms with E-state index in [0.717, 1.165) is 5.56 Å². The fraction of sp³-hybridized carbons (Fsp3) is 0.500. The third-order valence-electron chi connectivity index (χ3n) is 3.15. The Hall–Kier alpha value is -2.57. The molecule has 3 N–H and O–H groups in total. The van der Waals surface area contributed by atoms with Gasteiger partial charge in [-0.25, -0.2) is 9.59 Å². The Kier molecular flexibility index (Phi) is 7.91. The lowest BCUT2D eigenvalue weighted by Crippen LogP contribution is -2.39. The fourth-order valence-electron chi connectivity index (χ4n) is 1.94. The minimum Gasteiger partial charge on any atom is -0.449 e. The molecule has 0 saturated carbocycles. The smallest absolute Gasteiger partial charge is 0.338 e. The summed E-state index contributed by atoms with van der Waals surface area (Å²) in [5, 5.41) is 8.14. The molecule has 7 heteroatoms. The van der Waals surface area contributed by atoms with Crippen LogP contribution >= 0.6 is 0 Å². The van der Waals surface area contributed by atoms with Gasteiger partial charge in [0.1, 0.15) is 0 Å². The van der Waals surface area contributed by atoms with Crippen molar-refractivity contribution < 1.29 is 19.1 Å². The van der Waals surface area contributed by atoms with Gasteiger partial charge in [-0.2, -0.15) is 0 Å². The van der Waals surface area contributed by atoms with Gasteiger partial charge in [-0.3, -0.25) is 4.79 Å². The number of esters is 1. The molecule has 0 aliphatic heterocycles. The quantitative estimate of drug-likeness (QED) is 0.656. The van der Waals surface area contributed by atoms with Crippen LogP contribution in [0.1, 0.15) is 50.5 Å². The van der Waals surface area contributed by atoms with E-state index in [1.54, 1.807) is 24.3 Å². The predicted octanol–water partition coefficient (Wildman–Crippen LogP) is 1.96. The molecular weight excluding hydrogens is 322 g/mol. The lowest BCUT2D eigenvalue weighted by Gasteiger charge is -2.15. The van der Waals surface area contributed by atoms with Gasteiger partial charge < -0.3 is 20.7 Å². The topological polar surface area (TPSA) is 96.5 Å². The van der Waals surface area contributed by atoms with Crippen LogP contribution in [0.25, 0.3) is 0 Å². The lowest BCUT2D eigenvalue weighted by molar-refractivity contribution is -0.129. The van der Waals surface area contributed by atoms with Crippen LogP contribution in [-0.2, 0) is 16.1 Å². The summed E-state index contributed by atoms with van der Waals surface area (Å²) >= 11 is 0. The van der Waals surface area contributed by atoms with E-state index in [0.29, 0.717) is 12.1 Å². The highest BCUT2D eigenvalue weighted by Crippen LogP contribution is 2.08. The lowest BCUT2D eigenvalue weighted by atomic mass is 10.1. The molecule has 0 aromatic heterocycles. The first-order valence-electron chi connectivity index (χ1n) is 8.33. The van der Waals surface area contributed by atoms with Crippen LogP contribution in [0, 0.1) is 0 Å². The van der Waals surface area contributed by atoms with Gasteiger partial charge in [-0.15, -0.1) is 0 Å². The second-order valence-corrected chi connectivity index (χ2v) is 6.39. The summed E-state index contributed by atoms with van der Waals surface area (Å²) in [6.07, 6.45) is -0.865. The fourth-order valence-corrected chi connectivity index (χ4v) is 1.94. The van der Waals surface area contributed by atoms with E-state index < -0.39 is 12.1 Å². The molecule has 0 fully saturated rings. The van der Waals surface area contributed by atoms with Crippen molar-refractivity contribution >= 4 is 17.9 Å². The number of carbonyl (C=O) groups is 3. The van der Waals surface area contributed by atoms with Gasteiger partial charge in [0.2, 0.25) is 0 Å². The minimum atomic E-state index is -0.865. The molecule has 0 aliphatic carbocycles. The molecule has 3 amide bonds. The van der Waals surface area contributed by atoms with Crippen LogP contribution in [-0.4, -0.2) is 36.1 Å². The van der Waals surface area contributed by atoms with Crippen molar-refractivity contribution in [3.63, 3.8) is 0 Å². The number of rotatable bonds is 7. The second-order valence-electron chi connectivity index (χ2n) is 6.39. The summed E-state index contributed by atoms with van der Waals surface area (Å²) in [6.45, 7) is 9.30. The highest BCUT2D eigenvalue weighted by atomic mass is 16.5. The number of carbonyl (C=O) groups excluding carboxylic acids is 3. The van der Waals surface area contributed by atoms with Crippen molar-refractivity contribution in [2.24, 2.45) is 0 Å². The van der Waals surface area contributed by atoms with Crippen LogP contribution < -0.4 is 16.0 Å². The van der Waals surface area contributed by atoms with E-state index in [-0.39, 0.29) is 24.0 Å². The molecule has 0 aliphatic rings. The van der Waals surface area contributed by atoms with Crippen LogP contribution in [0.2, 0.25) is 0 Å². The van der Waals surface area contributed by atoms with Crippen LogP contribution in [0.3, 0.4) is 0 Å². The maximum atomic E-state index is 12.1. The van der Waals surface area contributed by atoms with Gasteiger partial charge in [-0.1, -0.05) is 12.1 Å². The highest BCUT2D eigenvalue weighted by molar-refractivity contribution is 5.92. The van der Waals surface area contributed by atoms with Crippen molar-refractivity contribution in [3.8, 4) is 0 Å². The molecule has 0 unspecified atom stereocenters. The number of amides is 3. The van der Waals surface area contributed by atoms with Crippen molar-refractivity contribution in [3.05, 3.63) is 35.4 Å². The highest BCUT2D eigenvalue weighted by Gasteiger charge is 2.19. The van der Waals surface area contributed by atoms with Gasteiger partial charge >= 0.3 is 12.0 Å². The molecule has 0 heterocycles. The predicted molar refractivity (Wildman–Crippen MR) is 95.1 cm³/mol. The van der Waals surface area contributed by atoms with Crippen molar-refractivity contribution in [1.29, 1.82) is 0 Å². The Labute approximate surface area is 148 Å². The van der Waals surface area contributed by atoms with E-state index >= 15 is 0 Å². The maximum absolute atomic E-state index is 12.1. The summed E-state index contributed by atoms with van der Waals surface area (Å²) in [5.41, 5.74) is 1.20. The van der Waals surface area contributed by atoms with Crippen LogP contribution in [0.15, 0.2) is 24.3 Å². The van der Waals surface area contributed by atoms with E-state index in [1.807, 2.05) is 27.7 Å². The zero-order valence-electron chi connectivity index (χ0n) is 15.4. The van der Waals surface area contributed by atoms with Crippen LogP contribution in [0.4, 0.5) is 4.79 Å². The average Bonchev–Trinajstić information content (AvgIpc) is 2.52. The van der Waals surface area contributed by atoms with Gasteiger partial charge in [-0.05, 0) is 52.3 Å². The normalized spacial score (nSPS) is 11.8. The second kappa shape index (κ2) is 9.66. The molecule has 138 valence electrons. The number of ether oxygens (including phenoxy) is 1. The molecule has 1 aromatic rings. The first kappa shape index (κ1) is 20.5. The maximum Gasteiger partial charge on any atom is 0.338 e. The first-order chi connectivity index (χ1) is 11.7. The van der Waals surface area contributed by atoms with Crippen molar-refractivity contribution in [1.82, 2.24) is 16.0 Å². The first-order valence-corrected chi connectivity index (χ1v) is 8.33. The van der Waals surface area contributed by atoms with Crippen molar-refractivity contribution in [2.75, 3.05) is 0 Å². The van der Waals surface area contributed by atoms with E-state index in [1.165, 1.54) is 6.92 Å². The summed E-state index contributed by atoms with van der Waals surface area (Å²) in [7, 11) is 0. The zero-order chi connectivity index (χ0) is 19.0. The average molecular weight is 349 g/mol. The Bertz CT molecular complexity index is 597. The Morgan fingerprint density at radius 3 is 2.00 bits per heavy atom. The Balaban J connectivity index is 2.53. The molecule has 0 spiro atoms. The molecule has 0 radical (unpaired) electrons. The van der Waals surface area contributed by atoms with E-state index in [2.05, 4.69) is 16.0 Å². The molecule has 1 aromatic carbocycles. The summed E-state index contributed by atoms with van der Waals surface area (Å²) in [4.78, 5) is 35.4. The van der Waals surface area contributed by atoms with Gasteiger partial charge in [0.05, 0.1) is 5.56 Å². The number of hydrogen-bond donors (Lipinski definition) is 3. The molecule has 0 bridgehead atoms. The zero-order valence-corrected chi connectivity index (χ0v) is 15.4. The van der Waals surface area contributed by atoms with Gasteiger partial charge in [0, 0.05) is 18.6 Å². The molecule has 7 nitrogen and oxygen atoms in total. The monoisotopic (exact) mass is 349 g/mol. The molecule has 0 saturated heterocycles. The third kappa shape index (κ3) is 7.69. The van der Waals surface area contributed by atoms with Crippen molar-refractivity contribution in [2.45, 2.75) is 59.4 Å². The Morgan fingerprint density at radius 2 is 1.48 bits per heavy atom. The minimum absolute atomic E-state index is 0.0201. The molecular formula is C18H27N3O4. The van der Waals surface area contributed by atoms with Gasteiger partial charge in [0.25, 0.3) is 5.91 Å². The Morgan fingerprint density at radius 1 is 0.920 bits per heavy atom. The van der Waals surface area contributed by atoms with E-state index in [4.69, 9.17) is 4.74 Å². The summed E-state index contributed by atoms with van der Waals surface area (Å²) in [6, 6.07) is 6.46. The largest absolute Gasteiger partial charge is 0.449 e. The number of urea groups is 1. The molecule has 1 rings (SSSR count). The SMILES string of the molecule is CC(C)NC(=O)NCc1ccc(C(=O)O[C@@H](C)C(=O)NC(C)C)cc1. The molecule has 1 atom stereocenters. The standard InChI is InChI=1S/C18H27N3O4/c1-11(2)20-16(22)13(5)25-17(23)15-8-6-14(7-9-15)10-19-18(24)21-12(3)4/h6-9,11-13H,10H2,1-5H3,(H,20,22)(H2,19,21,24)/t13-/m0/s1. The number of benzene rings is 1.